The molecule has 0 bridgehead atoms. The maximum absolute atomic E-state index is 10.9. The minimum Gasteiger partial charge on any atom is -0.410 e. The van der Waals surface area contributed by atoms with Crippen LogP contribution in [0.4, 0.5) is 4.79 Å². The highest BCUT2D eigenvalue weighted by Crippen LogP contribution is 2.19. The van der Waals surface area contributed by atoms with Crippen LogP contribution in [0.1, 0.15) is 0 Å². The fourth-order valence-corrected chi connectivity index (χ4v) is 1.06. The summed E-state index contributed by atoms with van der Waals surface area (Å²) in [6, 6.07) is 5.08. The Hall–Kier alpha value is -2.04. The van der Waals surface area contributed by atoms with Gasteiger partial charge in [-0.25, -0.2) is 4.79 Å². The number of rotatable bonds is 1. The van der Waals surface area contributed by atoms with Gasteiger partial charge in [-0.2, -0.15) is 0 Å². The molecule has 1 aromatic heterocycles. The van der Waals surface area contributed by atoms with E-state index in [0.29, 0.717) is 11.3 Å². The molecular weight excluding hydrogens is 184 g/mol. The van der Waals surface area contributed by atoms with Gasteiger partial charge in [0.25, 0.3) is 0 Å². The second-order valence-electron chi connectivity index (χ2n) is 2.67. The van der Waals surface area contributed by atoms with Gasteiger partial charge in [0.05, 0.1) is 0 Å². The van der Waals surface area contributed by atoms with Gasteiger partial charge in [0, 0.05) is 18.5 Å². The molecule has 0 unspecified atom stereocenters. The Morgan fingerprint density at radius 1 is 1.57 bits per heavy atom. The van der Waals surface area contributed by atoms with Gasteiger partial charge in [-0.15, -0.1) is 0 Å². The van der Waals surface area contributed by atoms with Gasteiger partial charge in [0.2, 0.25) is 0 Å². The molecule has 1 heterocycles. The van der Waals surface area contributed by atoms with Crippen LogP contribution in [0.2, 0.25) is 0 Å². The van der Waals surface area contributed by atoms with Crippen molar-refractivity contribution < 1.29 is 14.1 Å². The molecule has 0 aliphatic heterocycles. The third-order valence-electron chi connectivity index (χ3n) is 1.75. The summed E-state index contributed by atoms with van der Waals surface area (Å²) < 4.78 is 9.65. The van der Waals surface area contributed by atoms with Crippen LogP contribution in [0.5, 0.6) is 5.75 Å². The van der Waals surface area contributed by atoms with Gasteiger partial charge in [-0.3, -0.25) is 0 Å². The number of carbonyl (C=O) groups excluding carboxylic acids is 1. The summed E-state index contributed by atoms with van der Waals surface area (Å²) in [7, 11) is 1.50. The van der Waals surface area contributed by atoms with Crippen molar-refractivity contribution >= 4 is 17.0 Å². The maximum Gasteiger partial charge on any atom is 0.412 e. The first-order chi connectivity index (χ1) is 6.79. The zero-order valence-corrected chi connectivity index (χ0v) is 7.48. The molecule has 0 spiro atoms. The number of benzene rings is 1. The van der Waals surface area contributed by atoms with Crippen LogP contribution < -0.4 is 10.1 Å². The molecule has 72 valence electrons. The fourth-order valence-electron chi connectivity index (χ4n) is 1.06. The quantitative estimate of drug-likeness (QED) is 0.744. The van der Waals surface area contributed by atoms with E-state index in [1.807, 2.05) is 0 Å². The Balaban J connectivity index is 2.30. The molecule has 5 heteroatoms. The van der Waals surface area contributed by atoms with Crippen molar-refractivity contribution in [2.75, 3.05) is 7.05 Å². The average Bonchev–Trinajstić information content (AvgIpc) is 2.64. The van der Waals surface area contributed by atoms with Crippen LogP contribution in [0.15, 0.2) is 29.0 Å². The monoisotopic (exact) mass is 192 g/mol. The van der Waals surface area contributed by atoms with Crippen molar-refractivity contribution in [3.05, 3.63) is 24.5 Å². The molecule has 2 aromatic rings. The van der Waals surface area contributed by atoms with Crippen molar-refractivity contribution in [2.24, 2.45) is 0 Å². The van der Waals surface area contributed by atoms with E-state index in [-0.39, 0.29) is 0 Å². The summed E-state index contributed by atoms with van der Waals surface area (Å²) in [6.45, 7) is 0. The number of hydrogen-bond donors (Lipinski definition) is 1. The van der Waals surface area contributed by atoms with Gasteiger partial charge in [-0.05, 0) is 12.1 Å². The van der Waals surface area contributed by atoms with Crippen LogP contribution in [0.25, 0.3) is 10.9 Å². The second kappa shape index (κ2) is 3.37. The first-order valence-corrected chi connectivity index (χ1v) is 4.03. The number of nitrogens with zero attached hydrogens (tertiary/aromatic N) is 1. The standard InChI is InChI=1S/C9H8N2O3/c1-10-9(12)14-7-3-2-6-5-13-11-8(6)4-7/h2-5H,1H3,(H,10,12). The molecule has 1 amide bonds. The predicted octanol–water partition coefficient (Wildman–Crippen LogP) is 1.55. The zero-order valence-electron chi connectivity index (χ0n) is 7.48. The van der Waals surface area contributed by atoms with Crippen LogP contribution in [-0.4, -0.2) is 18.3 Å². The van der Waals surface area contributed by atoms with E-state index in [1.54, 1.807) is 18.2 Å². The molecule has 0 saturated carbocycles. The van der Waals surface area contributed by atoms with E-state index in [0.717, 1.165) is 5.39 Å². The van der Waals surface area contributed by atoms with Crippen LogP contribution in [0, 0.1) is 0 Å². The lowest BCUT2D eigenvalue weighted by atomic mass is 10.2. The average molecular weight is 192 g/mol. The largest absolute Gasteiger partial charge is 0.412 e. The molecule has 0 atom stereocenters. The molecular formula is C9H8N2O3. The van der Waals surface area contributed by atoms with Gasteiger partial charge in [-0.1, -0.05) is 5.16 Å². The first-order valence-electron chi connectivity index (χ1n) is 4.03. The molecule has 0 saturated heterocycles. The van der Waals surface area contributed by atoms with E-state index in [2.05, 4.69) is 10.5 Å². The Labute approximate surface area is 79.6 Å². The topological polar surface area (TPSA) is 64.4 Å². The van der Waals surface area contributed by atoms with Crippen molar-refractivity contribution in [2.45, 2.75) is 0 Å². The summed E-state index contributed by atoms with van der Waals surface area (Å²) in [6.07, 6.45) is 1.02. The highest BCUT2D eigenvalue weighted by Gasteiger charge is 2.04. The minimum atomic E-state index is -0.507. The molecule has 14 heavy (non-hydrogen) atoms. The SMILES string of the molecule is CNC(=O)Oc1ccc2conc2c1. The summed E-state index contributed by atoms with van der Waals surface area (Å²) in [5.74, 6) is 0.436. The lowest BCUT2D eigenvalue weighted by Crippen LogP contribution is -2.21. The molecule has 1 N–H and O–H groups in total. The highest BCUT2D eigenvalue weighted by atomic mass is 16.6. The van der Waals surface area contributed by atoms with E-state index in [1.165, 1.54) is 13.3 Å². The van der Waals surface area contributed by atoms with Gasteiger partial charge >= 0.3 is 6.09 Å². The number of ether oxygens (including phenoxy) is 1. The minimum absolute atomic E-state index is 0.436. The number of amides is 1. The lowest BCUT2D eigenvalue weighted by Gasteiger charge is -2.01. The Morgan fingerprint density at radius 2 is 2.43 bits per heavy atom. The van der Waals surface area contributed by atoms with E-state index >= 15 is 0 Å². The third-order valence-corrected chi connectivity index (χ3v) is 1.75. The van der Waals surface area contributed by atoms with Crippen molar-refractivity contribution in [3.8, 4) is 5.75 Å². The predicted molar refractivity (Wildman–Crippen MR) is 49.1 cm³/mol. The molecule has 0 aliphatic rings. The van der Waals surface area contributed by atoms with Gasteiger partial charge < -0.3 is 14.6 Å². The molecule has 2 rings (SSSR count). The molecule has 1 aromatic carbocycles. The highest BCUT2D eigenvalue weighted by molar-refractivity contribution is 5.80. The normalized spacial score (nSPS) is 10.1. The molecule has 0 radical (unpaired) electrons. The zero-order chi connectivity index (χ0) is 9.97. The number of hydrogen-bond acceptors (Lipinski definition) is 4. The van der Waals surface area contributed by atoms with Crippen molar-refractivity contribution in [1.82, 2.24) is 10.5 Å². The van der Waals surface area contributed by atoms with Crippen molar-refractivity contribution in [1.29, 1.82) is 0 Å². The number of aromatic nitrogens is 1. The molecule has 0 aliphatic carbocycles. The molecule has 0 fully saturated rings. The van der Waals surface area contributed by atoms with E-state index in [4.69, 9.17) is 9.26 Å². The van der Waals surface area contributed by atoms with Crippen LogP contribution in [0.3, 0.4) is 0 Å². The number of nitrogens with one attached hydrogen (secondary N) is 1. The van der Waals surface area contributed by atoms with Gasteiger partial charge in [0.1, 0.15) is 17.5 Å². The summed E-state index contributed by atoms with van der Waals surface area (Å²) in [4.78, 5) is 10.9. The second-order valence-corrected chi connectivity index (χ2v) is 2.67. The van der Waals surface area contributed by atoms with Crippen molar-refractivity contribution in [3.63, 3.8) is 0 Å². The summed E-state index contributed by atoms with van der Waals surface area (Å²) >= 11 is 0. The Morgan fingerprint density at radius 3 is 3.21 bits per heavy atom. The Kier molecular flexibility index (Phi) is 2.06. The number of fused-ring (bicyclic) bond motifs is 1. The van der Waals surface area contributed by atoms with Crippen LogP contribution >= 0.6 is 0 Å². The van der Waals surface area contributed by atoms with Gasteiger partial charge in [0.15, 0.2) is 0 Å². The fraction of sp³-hybridized carbons (Fsp3) is 0.111. The maximum atomic E-state index is 10.9. The first kappa shape index (κ1) is 8.55. The molecule has 5 nitrogen and oxygen atoms in total. The smallest absolute Gasteiger partial charge is 0.410 e. The lowest BCUT2D eigenvalue weighted by molar-refractivity contribution is 0.203. The summed E-state index contributed by atoms with van der Waals surface area (Å²) in [5.41, 5.74) is 0.659. The van der Waals surface area contributed by atoms with E-state index in [9.17, 15) is 4.79 Å². The Bertz CT molecular complexity index is 464. The number of carbonyl (C=O) groups is 1. The summed E-state index contributed by atoms with van der Waals surface area (Å²) in [5, 5.41) is 6.95. The van der Waals surface area contributed by atoms with Crippen LogP contribution in [-0.2, 0) is 0 Å². The van der Waals surface area contributed by atoms with E-state index < -0.39 is 6.09 Å². The third kappa shape index (κ3) is 1.52.